The second-order valence-corrected chi connectivity index (χ2v) is 7.73. The second-order valence-electron chi connectivity index (χ2n) is 7.73. The van der Waals surface area contributed by atoms with Crippen LogP contribution in [0.1, 0.15) is 38.7 Å². The van der Waals surface area contributed by atoms with Crippen molar-refractivity contribution >= 4 is 22.8 Å². The van der Waals surface area contributed by atoms with Gasteiger partial charge >= 0.3 is 11.9 Å². The van der Waals surface area contributed by atoms with Crippen LogP contribution in [0.2, 0.25) is 0 Å². The Morgan fingerprint density at radius 1 is 0.968 bits per heavy atom. The lowest BCUT2D eigenvalue weighted by atomic mass is 10.1. The molecule has 1 aliphatic rings. The zero-order valence-corrected chi connectivity index (χ0v) is 17.8. The molecule has 1 saturated heterocycles. The van der Waals surface area contributed by atoms with Crippen LogP contribution in [0.5, 0.6) is 0 Å². The van der Waals surface area contributed by atoms with Crippen molar-refractivity contribution in [2.45, 2.75) is 19.5 Å². The van der Waals surface area contributed by atoms with Gasteiger partial charge in [0, 0.05) is 36.7 Å². The van der Waals surface area contributed by atoms with Crippen molar-refractivity contribution in [3.05, 3.63) is 59.2 Å². The quantitative estimate of drug-likeness (QED) is 0.607. The van der Waals surface area contributed by atoms with E-state index in [4.69, 9.17) is 13.9 Å². The molecule has 1 aromatic carbocycles. The number of carbonyl (C=O) groups excluding carboxylic acids is 2. The number of hydrogen-bond acceptors (Lipinski definition) is 7. The lowest BCUT2D eigenvalue weighted by Crippen LogP contribution is -2.30. The average Bonchev–Trinajstić information content (AvgIpc) is 3.35. The maximum Gasteiger partial charge on any atom is 0.373 e. The molecule has 0 amide bonds. The van der Waals surface area contributed by atoms with E-state index in [-0.39, 0.29) is 11.7 Å². The third-order valence-electron chi connectivity index (χ3n) is 5.69. The van der Waals surface area contributed by atoms with E-state index < -0.39 is 5.97 Å². The lowest BCUT2D eigenvalue weighted by molar-refractivity contribution is 0.0559. The van der Waals surface area contributed by atoms with Gasteiger partial charge in [-0.3, -0.25) is 9.80 Å². The Labute approximate surface area is 180 Å². The summed E-state index contributed by atoms with van der Waals surface area (Å²) >= 11 is 0. The molecule has 31 heavy (non-hydrogen) atoms. The van der Waals surface area contributed by atoms with Gasteiger partial charge in [0.2, 0.25) is 5.76 Å². The van der Waals surface area contributed by atoms with E-state index in [2.05, 4.69) is 14.8 Å². The van der Waals surface area contributed by atoms with Crippen molar-refractivity contribution < 1.29 is 23.5 Å². The number of nitrogens with one attached hydrogen (secondary N) is 1. The summed E-state index contributed by atoms with van der Waals surface area (Å²) in [6, 6.07) is 9.12. The van der Waals surface area contributed by atoms with E-state index >= 15 is 0 Å². The fourth-order valence-electron chi connectivity index (χ4n) is 4.04. The van der Waals surface area contributed by atoms with Crippen molar-refractivity contribution in [2.75, 3.05) is 40.4 Å². The Kier molecular flexibility index (Phi) is 6.39. The molecular formula is C23H27N3O5. The number of benzene rings is 1. The van der Waals surface area contributed by atoms with E-state index in [1.807, 2.05) is 30.5 Å². The molecule has 0 aliphatic carbocycles. The summed E-state index contributed by atoms with van der Waals surface area (Å²) in [7, 11) is 2.74. The Morgan fingerprint density at radius 3 is 2.45 bits per heavy atom. The van der Waals surface area contributed by atoms with Gasteiger partial charge in [-0.2, -0.15) is 0 Å². The van der Waals surface area contributed by atoms with E-state index in [1.54, 1.807) is 6.07 Å². The third-order valence-corrected chi connectivity index (χ3v) is 5.69. The van der Waals surface area contributed by atoms with Crippen LogP contribution in [-0.2, 0) is 22.6 Å². The zero-order chi connectivity index (χ0) is 21.8. The first-order valence-electron chi connectivity index (χ1n) is 10.4. The summed E-state index contributed by atoms with van der Waals surface area (Å²) < 4.78 is 15.1. The van der Waals surface area contributed by atoms with Crippen LogP contribution in [0.3, 0.4) is 0 Å². The van der Waals surface area contributed by atoms with E-state index in [9.17, 15) is 9.59 Å². The van der Waals surface area contributed by atoms with Crippen molar-refractivity contribution in [3.63, 3.8) is 0 Å². The van der Waals surface area contributed by atoms with Gasteiger partial charge in [-0.1, -0.05) is 6.07 Å². The first-order chi connectivity index (χ1) is 15.1. The van der Waals surface area contributed by atoms with Crippen LogP contribution in [0.25, 0.3) is 10.9 Å². The summed E-state index contributed by atoms with van der Waals surface area (Å²) in [6.07, 6.45) is 3.07. The second kappa shape index (κ2) is 9.36. The topological polar surface area (TPSA) is 88.0 Å². The van der Waals surface area contributed by atoms with Gasteiger partial charge in [0.15, 0.2) is 0 Å². The fourth-order valence-corrected chi connectivity index (χ4v) is 4.04. The Hall–Kier alpha value is -3.10. The molecule has 0 saturated carbocycles. The van der Waals surface area contributed by atoms with Crippen molar-refractivity contribution in [3.8, 4) is 0 Å². The number of methoxy groups -OCH3 is 2. The number of hydrogen-bond donors (Lipinski definition) is 1. The molecule has 0 unspecified atom stereocenters. The first kappa shape index (κ1) is 21.1. The predicted octanol–water partition coefficient (Wildman–Crippen LogP) is 3.04. The van der Waals surface area contributed by atoms with Crippen molar-refractivity contribution in [1.82, 2.24) is 14.8 Å². The number of carbonyl (C=O) groups is 2. The monoisotopic (exact) mass is 425 g/mol. The largest absolute Gasteiger partial charge is 0.465 e. The van der Waals surface area contributed by atoms with Gasteiger partial charge in [0.05, 0.1) is 26.3 Å². The van der Waals surface area contributed by atoms with Gasteiger partial charge in [0.1, 0.15) is 5.76 Å². The molecular weight excluding hydrogens is 398 g/mol. The van der Waals surface area contributed by atoms with Gasteiger partial charge in [-0.15, -0.1) is 0 Å². The molecule has 0 radical (unpaired) electrons. The highest BCUT2D eigenvalue weighted by atomic mass is 16.5. The van der Waals surface area contributed by atoms with Gasteiger partial charge in [-0.05, 0) is 49.3 Å². The molecule has 1 fully saturated rings. The van der Waals surface area contributed by atoms with E-state index in [0.29, 0.717) is 12.1 Å². The Balaban J connectivity index is 1.36. The average molecular weight is 425 g/mol. The summed E-state index contributed by atoms with van der Waals surface area (Å²) in [5.41, 5.74) is 2.70. The Bertz CT molecular complexity index is 1070. The summed E-state index contributed by atoms with van der Waals surface area (Å²) in [6.45, 7) is 5.36. The summed E-state index contributed by atoms with van der Waals surface area (Å²) in [5.74, 6) is 0.224. The van der Waals surface area contributed by atoms with Crippen LogP contribution in [0.15, 0.2) is 40.9 Å². The fraction of sp³-hybridized carbons (Fsp3) is 0.391. The van der Waals surface area contributed by atoms with E-state index in [0.717, 1.165) is 55.8 Å². The molecule has 0 bridgehead atoms. The molecule has 1 N–H and O–H groups in total. The first-order valence-corrected chi connectivity index (χ1v) is 10.4. The number of H-pyrrole nitrogens is 1. The standard InChI is InChI=1S/C23H27N3O5/c1-29-22(27)16-4-6-19-17(13-24-20(19)12-16)14-25-8-3-9-26(11-10-25)15-18-5-7-21(31-18)23(28)30-2/h4-7,12-13,24H,3,8-11,14-15H2,1-2H3. The van der Waals surface area contributed by atoms with Crippen LogP contribution in [0.4, 0.5) is 0 Å². The predicted molar refractivity (Wildman–Crippen MR) is 115 cm³/mol. The van der Waals surface area contributed by atoms with Crippen molar-refractivity contribution in [1.29, 1.82) is 0 Å². The minimum absolute atomic E-state index is 0.239. The molecule has 164 valence electrons. The smallest absolute Gasteiger partial charge is 0.373 e. The summed E-state index contributed by atoms with van der Waals surface area (Å²) in [5, 5.41) is 1.12. The molecule has 4 rings (SSSR count). The molecule has 8 heteroatoms. The number of fused-ring (bicyclic) bond motifs is 1. The molecule has 0 atom stereocenters. The van der Waals surface area contributed by atoms with Gasteiger partial charge < -0.3 is 18.9 Å². The maximum atomic E-state index is 11.8. The number of aromatic amines is 1. The highest BCUT2D eigenvalue weighted by Crippen LogP contribution is 2.22. The SMILES string of the molecule is COC(=O)c1ccc2c(CN3CCCN(Cc4ccc(C(=O)OC)o4)CC3)c[nH]c2c1. The molecule has 3 aromatic rings. The van der Waals surface area contributed by atoms with Crippen LogP contribution >= 0.6 is 0 Å². The highest BCUT2D eigenvalue weighted by Gasteiger charge is 2.19. The van der Waals surface area contributed by atoms with Crippen LogP contribution in [0, 0.1) is 0 Å². The zero-order valence-electron chi connectivity index (χ0n) is 17.8. The molecule has 3 heterocycles. The number of rotatable bonds is 6. The minimum atomic E-state index is -0.453. The minimum Gasteiger partial charge on any atom is -0.465 e. The maximum absolute atomic E-state index is 11.8. The number of esters is 2. The molecule has 8 nitrogen and oxygen atoms in total. The van der Waals surface area contributed by atoms with Crippen LogP contribution in [-0.4, -0.2) is 67.1 Å². The number of ether oxygens (including phenoxy) is 2. The van der Waals surface area contributed by atoms with Gasteiger partial charge in [0.25, 0.3) is 0 Å². The number of furan rings is 1. The number of aromatic nitrogens is 1. The molecule has 2 aromatic heterocycles. The number of nitrogens with zero attached hydrogens (tertiary/aromatic N) is 2. The highest BCUT2D eigenvalue weighted by molar-refractivity contribution is 5.95. The van der Waals surface area contributed by atoms with E-state index in [1.165, 1.54) is 19.8 Å². The normalized spacial score (nSPS) is 15.7. The lowest BCUT2D eigenvalue weighted by Gasteiger charge is -2.21. The summed E-state index contributed by atoms with van der Waals surface area (Å²) in [4.78, 5) is 31.4. The van der Waals surface area contributed by atoms with Crippen molar-refractivity contribution in [2.24, 2.45) is 0 Å². The third kappa shape index (κ3) is 4.81. The molecule has 0 spiro atoms. The Morgan fingerprint density at radius 2 is 1.71 bits per heavy atom. The van der Waals surface area contributed by atoms with Crippen LogP contribution < -0.4 is 0 Å². The molecule has 1 aliphatic heterocycles. The van der Waals surface area contributed by atoms with Gasteiger partial charge in [-0.25, -0.2) is 9.59 Å².